The van der Waals surface area contributed by atoms with E-state index in [-0.39, 0.29) is 5.91 Å². The zero-order chi connectivity index (χ0) is 12.1. The number of unbranched alkanes of at least 4 members (excludes halogenated alkanes) is 6. The van der Waals surface area contributed by atoms with Crippen molar-refractivity contribution in [2.75, 3.05) is 13.2 Å². The fraction of sp³-hybridized carbons (Fsp3) is 0.769. The van der Waals surface area contributed by atoms with E-state index in [1.807, 2.05) is 0 Å². The molecule has 1 amide bonds. The molecule has 16 heavy (non-hydrogen) atoms. The fourth-order valence-electron chi connectivity index (χ4n) is 1.55. The van der Waals surface area contributed by atoms with Gasteiger partial charge in [-0.2, -0.15) is 0 Å². The average molecular weight is 227 g/mol. The molecule has 0 aromatic rings. The van der Waals surface area contributed by atoms with E-state index in [0.29, 0.717) is 13.0 Å². The van der Waals surface area contributed by atoms with E-state index >= 15 is 0 Å². The lowest BCUT2D eigenvalue weighted by Gasteiger charge is -2.03. The molecule has 0 radical (unpaired) electrons. The minimum atomic E-state index is 0.0675. The molecule has 0 aromatic carbocycles. The molecule has 0 saturated carbocycles. The first-order valence-corrected chi connectivity index (χ1v) is 6.29. The molecule has 0 spiro atoms. The van der Waals surface area contributed by atoms with Gasteiger partial charge < -0.3 is 10.4 Å². The highest BCUT2D eigenvalue weighted by Gasteiger charge is 1.96. The molecular weight excluding hydrogens is 202 g/mol. The molecule has 0 fully saturated rings. The van der Waals surface area contributed by atoms with Gasteiger partial charge in [-0.05, 0) is 12.8 Å². The monoisotopic (exact) mass is 227 g/mol. The Bertz CT molecular complexity index is 181. The number of hydrogen-bond donors (Lipinski definition) is 2. The molecule has 0 aliphatic heterocycles. The molecule has 0 bridgehead atoms. The Morgan fingerprint density at radius 3 is 2.19 bits per heavy atom. The van der Waals surface area contributed by atoms with E-state index in [1.165, 1.54) is 25.7 Å². The van der Waals surface area contributed by atoms with Crippen LogP contribution in [0.15, 0.2) is 12.7 Å². The Morgan fingerprint density at radius 2 is 1.62 bits per heavy atom. The first-order chi connectivity index (χ1) is 7.81. The van der Waals surface area contributed by atoms with Crippen molar-refractivity contribution in [3.63, 3.8) is 0 Å². The number of aliphatic hydroxyl groups excluding tert-OH is 1. The van der Waals surface area contributed by atoms with Crippen molar-refractivity contribution in [2.45, 2.75) is 51.4 Å². The van der Waals surface area contributed by atoms with Gasteiger partial charge in [0.1, 0.15) is 0 Å². The van der Waals surface area contributed by atoms with Crippen LogP contribution in [0.2, 0.25) is 0 Å². The van der Waals surface area contributed by atoms with Crippen molar-refractivity contribution < 1.29 is 9.90 Å². The van der Waals surface area contributed by atoms with Gasteiger partial charge in [0.05, 0.1) is 0 Å². The van der Waals surface area contributed by atoms with Gasteiger partial charge in [0, 0.05) is 19.6 Å². The Morgan fingerprint density at radius 1 is 1.06 bits per heavy atom. The van der Waals surface area contributed by atoms with Crippen LogP contribution in [-0.2, 0) is 4.79 Å². The predicted octanol–water partition coefficient (Wildman–Crippen LogP) is 2.40. The molecule has 0 aromatic heterocycles. The lowest BCUT2D eigenvalue weighted by molar-refractivity contribution is -0.120. The summed E-state index contributed by atoms with van der Waals surface area (Å²) in [6.45, 7) is 4.61. The molecule has 0 aliphatic carbocycles. The van der Waals surface area contributed by atoms with Crippen LogP contribution in [0.5, 0.6) is 0 Å². The molecule has 0 unspecified atom stereocenters. The minimum absolute atomic E-state index is 0.0675. The maximum atomic E-state index is 11.0. The lowest BCUT2D eigenvalue weighted by Crippen LogP contribution is -2.23. The van der Waals surface area contributed by atoms with E-state index in [4.69, 9.17) is 5.11 Å². The predicted molar refractivity (Wildman–Crippen MR) is 67.2 cm³/mol. The van der Waals surface area contributed by atoms with Crippen LogP contribution in [0.4, 0.5) is 0 Å². The highest BCUT2D eigenvalue weighted by atomic mass is 16.2. The second kappa shape index (κ2) is 12.2. The Kier molecular flexibility index (Phi) is 11.6. The average Bonchev–Trinajstić information content (AvgIpc) is 2.27. The molecule has 0 rings (SSSR count). The summed E-state index contributed by atoms with van der Waals surface area (Å²) in [5, 5.41) is 11.4. The smallest absolute Gasteiger partial charge is 0.223 e. The zero-order valence-electron chi connectivity index (χ0n) is 10.2. The summed E-state index contributed by atoms with van der Waals surface area (Å²) in [5.41, 5.74) is 0. The topological polar surface area (TPSA) is 49.3 Å². The summed E-state index contributed by atoms with van der Waals surface area (Å²) in [4.78, 5) is 11.0. The van der Waals surface area contributed by atoms with Crippen LogP contribution in [0.3, 0.4) is 0 Å². The normalized spacial score (nSPS) is 10.1. The highest BCUT2D eigenvalue weighted by molar-refractivity contribution is 5.77. The van der Waals surface area contributed by atoms with Crippen LogP contribution in [0.1, 0.15) is 51.4 Å². The van der Waals surface area contributed by atoms with Crippen LogP contribution in [0.25, 0.3) is 0 Å². The van der Waals surface area contributed by atoms with Gasteiger partial charge in [0.15, 0.2) is 0 Å². The van der Waals surface area contributed by atoms with Gasteiger partial charge in [-0.3, -0.25) is 4.79 Å². The van der Waals surface area contributed by atoms with E-state index < -0.39 is 0 Å². The van der Waals surface area contributed by atoms with E-state index in [0.717, 1.165) is 25.8 Å². The summed E-state index contributed by atoms with van der Waals surface area (Å²) < 4.78 is 0. The van der Waals surface area contributed by atoms with Gasteiger partial charge in [0.2, 0.25) is 5.91 Å². The van der Waals surface area contributed by atoms with Crippen LogP contribution >= 0.6 is 0 Å². The first kappa shape index (κ1) is 15.2. The fourth-order valence-corrected chi connectivity index (χ4v) is 1.55. The van der Waals surface area contributed by atoms with Crippen molar-refractivity contribution in [3.05, 3.63) is 12.7 Å². The molecule has 0 saturated heterocycles. The third-order valence-electron chi connectivity index (χ3n) is 2.49. The van der Waals surface area contributed by atoms with Gasteiger partial charge in [0.25, 0.3) is 0 Å². The molecule has 0 heterocycles. The van der Waals surface area contributed by atoms with Crippen LogP contribution in [-0.4, -0.2) is 24.2 Å². The Hall–Kier alpha value is -0.830. The van der Waals surface area contributed by atoms with Gasteiger partial charge in [-0.1, -0.05) is 38.2 Å². The van der Waals surface area contributed by atoms with E-state index in [9.17, 15) is 4.79 Å². The van der Waals surface area contributed by atoms with Crippen molar-refractivity contribution in [1.29, 1.82) is 0 Å². The second-order valence-corrected chi connectivity index (χ2v) is 4.04. The number of rotatable bonds is 11. The SMILES string of the molecule is C=CCC(=O)NCCCCCCCCCO. The molecular formula is C13H25NO2. The van der Waals surface area contributed by atoms with E-state index in [1.54, 1.807) is 6.08 Å². The number of aliphatic hydroxyl groups is 1. The zero-order valence-corrected chi connectivity index (χ0v) is 10.2. The van der Waals surface area contributed by atoms with Gasteiger partial charge >= 0.3 is 0 Å². The first-order valence-electron chi connectivity index (χ1n) is 6.29. The number of carbonyl (C=O) groups is 1. The Labute approximate surface area is 98.9 Å². The number of amides is 1. The van der Waals surface area contributed by atoms with Crippen molar-refractivity contribution in [3.8, 4) is 0 Å². The summed E-state index contributed by atoms with van der Waals surface area (Å²) >= 11 is 0. The van der Waals surface area contributed by atoms with Crippen molar-refractivity contribution in [2.24, 2.45) is 0 Å². The molecule has 0 aliphatic rings. The number of carbonyl (C=O) groups excluding carboxylic acids is 1. The summed E-state index contributed by atoms with van der Waals surface area (Å²) in [5.74, 6) is 0.0675. The summed E-state index contributed by atoms with van der Waals surface area (Å²) in [6.07, 6.45) is 10.0. The lowest BCUT2D eigenvalue weighted by atomic mass is 10.1. The van der Waals surface area contributed by atoms with Gasteiger partial charge in [-0.15, -0.1) is 6.58 Å². The largest absolute Gasteiger partial charge is 0.396 e. The number of nitrogens with one attached hydrogen (secondary N) is 1. The Balaban J connectivity index is 3.03. The third-order valence-corrected chi connectivity index (χ3v) is 2.49. The van der Waals surface area contributed by atoms with Crippen molar-refractivity contribution in [1.82, 2.24) is 5.32 Å². The van der Waals surface area contributed by atoms with E-state index in [2.05, 4.69) is 11.9 Å². The maximum absolute atomic E-state index is 11.0. The van der Waals surface area contributed by atoms with Crippen LogP contribution in [0, 0.1) is 0 Å². The molecule has 2 N–H and O–H groups in total. The molecule has 3 nitrogen and oxygen atoms in total. The number of hydrogen-bond acceptors (Lipinski definition) is 2. The summed E-state index contributed by atoms with van der Waals surface area (Å²) in [6, 6.07) is 0. The second-order valence-electron chi connectivity index (χ2n) is 4.04. The standard InChI is InChI=1S/C13H25NO2/c1-2-10-13(16)14-11-8-6-4-3-5-7-9-12-15/h2,15H,1,3-12H2,(H,14,16). The van der Waals surface area contributed by atoms with Gasteiger partial charge in [-0.25, -0.2) is 0 Å². The maximum Gasteiger partial charge on any atom is 0.223 e. The molecule has 3 heteroatoms. The summed E-state index contributed by atoms with van der Waals surface area (Å²) in [7, 11) is 0. The molecule has 94 valence electrons. The van der Waals surface area contributed by atoms with Crippen molar-refractivity contribution >= 4 is 5.91 Å². The molecule has 0 atom stereocenters. The quantitative estimate of drug-likeness (QED) is 0.420. The highest BCUT2D eigenvalue weighted by Crippen LogP contribution is 2.06. The third kappa shape index (κ3) is 11.2. The van der Waals surface area contributed by atoms with Crippen LogP contribution < -0.4 is 5.32 Å². The minimum Gasteiger partial charge on any atom is -0.396 e.